The number of morpholine rings is 1. The van der Waals surface area contributed by atoms with Crippen LogP contribution < -0.4 is 0 Å². The third kappa shape index (κ3) is 3.26. The molecule has 2 rings (SSSR count). The molecule has 108 valence electrons. The molecule has 0 aromatic rings. The molecule has 0 bridgehead atoms. The second-order valence-electron chi connectivity index (χ2n) is 5.84. The van der Waals surface area contributed by atoms with Crippen LogP contribution in [0, 0.1) is 11.8 Å². The lowest BCUT2D eigenvalue weighted by Gasteiger charge is -2.39. The Bertz CT molecular complexity index is 347. The number of hydrogen-bond acceptors (Lipinski definition) is 3. The van der Waals surface area contributed by atoms with E-state index in [-0.39, 0.29) is 24.0 Å². The van der Waals surface area contributed by atoms with Crippen LogP contribution in [0.5, 0.6) is 0 Å². The quantitative estimate of drug-likeness (QED) is 0.825. The van der Waals surface area contributed by atoms with E-state index in [1.165, 1.54) is 0 Å². The number of carboxylic acid groups (broad SMARTS) is 1. The van der Waals surface area contributed by atoms with Crippen molar-refractivity contribution < 1.29 is 19.4 Å². The molecule has 4 atom stereocenters. The fourth-order valence-corrected chi connectivity index (χ4v) is 3.31. The average Bonchev–Trinajstić information content (AvgIpc) is 2.36. The molecule has 1 amide bonds. The van der Waals surface area contributed by atoms with Crippen molar-refractivity contribution in [2.45, 2.75) is 51.7 Å². The highest BCUT2D eigenvalue weighted by Gasteiger charge is 2.39. The van der Waals surface area contributed by atoms with Crippen molar-refractivity contribution in [1.29, 1.82) is 0 Å². The molecule has 0 unspecified atom stereocenters. The van der Waals surface area contributed by atoms with Gasteiger partial charge in [-0.3, -0.25) is 9.59 Å². The fraction of sp³-hybridized carbons (Fsp3) is 0.857. The smallest absolute Gasteiger partial charge is 0.307 e. The number of carbonyl (C=O) groups excluding carboxylic acids is 1. The van der Waals surface area contributed by atoms with Crippen LogP contribution in [0.25, 0.3) is 0 Å². The van der Waals surface area contributed by atoms with Gasteiger partial charge in [0.05, 0.1) is 24.0 Å². The summed E-state index contributed by atoms with van der Waals surface area (Å²) in [5, 5.41) is 9.26. The third-order valence-electron chi connectivity index (χ3n) is 4.13. The number of carboxylic acids is 1. The van der Waals surface area contributed by atoms with Gasteiger partial charge in [0.15, 0.2) is 0 Å². The normalized spacial score (nSPS) is 36.0. The van der Waals surface area contributed by atoms with Gasteiger partial charge in [0.25, 0.3) is 0 Å². The lowest BCUT2D eigenvalue weighted by atomic mass is 9.78. The van der Waals surface area contributed by atoms with Crippen molar-refractivity contribution in [2.75, 3.05) is 13.1 Å². The molecule has 1 heterocycles. The summed E-state index contributed by atoms with van der Waals surface area (Å²) < 4.78 is 5.62. The zero-order chi connectivity index (χ0) is 14.0. The van der Waals surface area contributed by atoms with Gasteiger partial charge in [0, 0.05) is 13.1 Å². The van der Waals surface area contributed by atoms with Crippen LogP contribution in [0.4, 0.5) is 0 Å². The number of hydrogen-bond donors (Lipinski definition) is 1. The standard InChI is InChI=1S/C14H23NO4/c1-9-7-15(8-10(2)19-9)13(16)11-5-3-4-6-12(11)14(17)18/h9-12H,3-8H2,1-2H3,(H,17,18)/t9-,10+,11-,12+/m1/s1. The number of aliphatic carboxylic acids is 1. The van der Waals surface area contributed by atoms with Crippen LogP contribution in [0.15, 0.2) is 0 Å². The summed E-state index contributed by atoms with van der Waals surface area (Å²) in [5.74, 6) is -1.67. The number of amides is 1. The monoisotopic (exact) mass is 269 g/mol. The molecule has 1 saturated heterocycles. The first kappa shape index (κ1) is 14.3. The third-order valence-corrected chi connectivity index (χ3v) is 4.13. The molecular formula is C14H23NO4. The van der Waals surface area contributed by atoms with Gasteiger partial charge in [-0.15, -0.1) is 0 Å². The predicted octanol–water partition coefficient (Wildman–Crippen LogP) is 1.51. The van der Waals surface area contributed by atoms with E-state index in [0.29, 0.717) is 25.9 Å². The summed E-state index contributed by atoms with van der Waals surface area (Å²) in [6.07, 6.45) is 3.25. The first-order valence-electron chi connectivity index (χ1n) is 7.16. The lowest BCUT2D eigenvalue weighted by Crippen LogP contribution is -2.52. The number of nitrogens with zero attached hydrogens (tertiary/aromatic N) is 1. The molecule has 0 radical (unpaired) electrons. The van der Waals surface area contributed by atoms with Gasteiger partial charge in [-0.1, -0.05) is 12.8 Å². The summed E-state index contributed by atoms with van der Waals surface area (Å²) in [7, 11) is 0. The number of ether oxygens (including phenoxy) is 1. The van der Waals surface area contributed by atoms with Crippen LogP contribution in [0.3, 0.4) is 0 Å². The van der Waals surface area contributed by atoms with Gasteiger partial charge in [-0.25, -0.2) is 0 Å². The van der Waals surface area contributed by atoms with E-state index in [1.807, 2.05) is 13.8 Å². The van der Waals surface area contributed by atoms with E-state index >= 15 is 0 Å². The van der Waals surface area contributed by atoms with Crippen LogP contribution in [-0.4, -0.2) is 47.2 Å². The summed E-state index contributed by atoms with van der Waals surface area (Å²) in [6, 6.07) is 0. The highest BCUT2D eigenvalue weighted by atomic mass is 16.5. The molecule has 2 fully saturated rings. The summed E-state index contributed by atoms with van der Waals surface area (Å²) in [5.41, 5.74) is 0. The molecule has 1 aliphatic heterocycles. The minimum atomic E-state index is -0.826. The van der Waals surface area contributed by atoms with Crippen molar-refractivity contribution in [3.8, 4) is 0 Å². The van der Waals surface area contributed by atoms with Crippen molar-refractivity contribution in [1.82, 2.24) is 4.90 Å². The maximum absolute atomic E-state index is 12.6. The first-order valence-corrected chi connectivity index (χ1v) is 7.16. The van der Waals surface area contributed by atoms with E-state index in [0.717, 1.165) is 12.8 Å². The molecule has 0 spiro atoms. The summed E-state index contributed by atoms with van der Waals surface area (Å²) >= 11 is 0. The predicted molar refractivity (Wildman–Crippen MR) is 69.7 cm³/mol. The van der Waals surface area contributed by atoms with Gasteiger partial charge in [0.2, 0.25) is 5.91 Å². The second kappa shape index (κ2) is 5.90. The van der Waals surface area contributed by atoms with Crippen LogP contribution in [0.1, 0.15) is 39.5 Å². The Balaban J connectivity index is 2.06. The Morgan fingerprint density at radius 3 is 2.11 bits per heavy atom. The lowest BCUT2D eigenvalue weighted by molar-refractivity contribution is -0.157. The maximum atomic E-state index is 12.6. The topological polar surface area (TPSA) is 66.8 Å². The molecule has 1 saturated carbocycles. The number of carbonyl (C=O) groups is 2. The van der Waals surface area contributed by atoms with E-state index < -0.39 is 11.9 Å². The molecule has 5 heteroatoms. The van der Waals surface area contributed by atoms with Crippen molar-refractivity contribution in [2.24, 2.45) is 11.8 Å². The Hall–Kier alpha value is -1.10. The van der Waals surface area contributed by atoms with E-state index in [4.69, 9.17) is 4.74 Å². The Labute approximate surface area is 113 Å². The SMILES string of the molecule is C[C@@H]1CN(C(=O)[C@@H]2CCCC[C@@H]2C(=O)O)C[C@H](C)O1. The van der Waals surface area contributed by atoms with E-state index in [2.05, 4.69) is 0 Å². The zero-order valence-corrected chi connectivity index (χ0v) is 11.7. The molecule has 2 aliphatic rings. The van der Waals surface area contributed by atoms with Gasteiger partial charge >= 0.3 is 5.97 Å². The Morgan fingerprint density at radius 2 is 1.58 bits per heavy atom. The van der Waals surface area contributed by atoms with Crippen molar-refractivity contribution in [3.63, 3.8) is 0 Å². The van der Waals surface area contributed by atoms with Crippen LogP contribution in [-0.2, 0) is 14.3 Å². The summed E-state index contributed by atoms with van der Waals surface area (Å²) in [4.78, 5) is 25.6. The van der Waals surface area contributed by atoms with Gasteiger partial charge in [-0.05, 0) is 26.7 Å². The summed E-state index contributed by atoms with van der Waals surface area (Å²) in [6.45, 7) is 5.05. The zero-order valence-electron chi connectivity index (χ0n) is 11.7. The molecule has 19 heavy (non-hydrogen) atoms. The second-order valence-corrected chi connectivity index (χ2v) is 5.84. The molecule has 1 aliphatic carbocycles. The van der Waals surface area contributed by atoms with Crippen molar-refractivity contribution >= 4 is 11.9 Å². The minimum Gasteiger partial charge on any atom is -0.481 e. The molecule has 5 nitrogen and oxygen atoms in total. The van der Waals surface area contributed by atoms with Crippen LogP contribution in [0.2, 0.25) is 0 Å². The highest BCUT2D eigenvalue weighted by Crippen LogP contribution is 2.32. The average molecular weight is 269 g/mol. The first-order chi connectivity index (χ1) is 8.99. The number of rotatable bonds is 2. The molecule has 0 aromatic carbocycles. The molecule has 1 N–H and O–H groups in total. The fourth-order valence-electron chi connectivity index (χ4n) is 3.31. The largest absolute Gasteiger partial charge is 0.481 e. The molecular weight excluding hydrogens is 246 g/mol. The van der Waals surface area contributed by atoms with Crippen molar-refractivity contribution in [3.05, 3.63) is 0 Å². The Morgan fingerprint density at radius 1 is 1.05 bits per heavy atom. The Kier molecular flexibility index (Phi) is 4.45. The van der Waals surface area contributed by atoms with E-state index in [9.17, 15) is 14.7 Å². The maximum Gasteiger partial charge on any atom is 0.307 e. The van der Waals surface area contributed by atoms with Gasteiger partial charge in [-0.2, -0.15) is 0 Å². The van der Waals surface area contributed by atoms with Gasteiger partial charge in [0.1, 0.15) is 0 Å². The molecule has 0 aromatic heterocycles. The minimum absolute atomic E-state index is 0.00843. The van der Waals surface area contributed by atoms with Crippen LogP contribution >= 0.6 is 0 Å². The van der Waals surface area contributed by atoms with Gasteiger partial charge < -0.3 is 14.7 Å². The highest BCUT2D eigenvalue weighted by molar-refractivity contribution is 5.85. The van der Waals surface area contributed by atoms with E-state index in [1.54, 1.807) is 4.90 Å².